The van der Waals surface area contributed by atoms with Gasteiger partial charge in [-0.15, -0.1) is 0 Å². The predicted octanol–water partition coefficient (Wildman–Crippen LogP) is 9.18. The van der Waals surface area contributed by atoms with Gasteiger partial charge in [0.1, 0.15) is 0 Å². The average molecular weight is 496 g/mol. The van der Waals surface area contributed by atoms with E-state index in [1.807, 2.05) is 12.1 Å². The van der Waals surface area contributed by atoms with Crippen LogP contribution in [0.5, 0.6) is 0 Å². The lowest BCUT2D eigenvalue weighted by atomic mass is 9.85. The van der Waals surface area contributed by atoms with E-state index >= 15 is 0 Å². The summed E-state index contributed by atoms with van der Waals surface area (Å²) < 4.78 is 0. The molecule has 0 radical (unpaired) electrons. The molecule has 0 spiro atoms. The summed E-state index contributed by atoms with van der Waals surface area (Å²) in [7, 11) is 4.15. The number of aryl methyl sites for hydroxylation is 1. The van der Waals surface area contributed by atoms with E-state index in [0.29, 0.717) is 0 Å². The minimum Gasteiger partial charge on any atom is -0.378 e. The molecule has 0 heterocycles. The Kier molecular flexibility index (Phi) is 9.70. The van der Waals surface area contributed by atoms with E-state index in [1.165, 1.54) is 39.1 Å². The third-order valence-electron chi connectivity index (χ3n) is 6.59. The number of allylic oxidation sites excluding steroid dienone is 1. The Hall–Kier alpha value is -4.36. The van der Waals surface area contributed by atoms with Crippen molar-refractivity contribution in [3.8, 4) is 0 Å². The smallest absolute Gasteiger partial charge is 0.0361 e. The molecule has 5 aromatic rings. The molecule has 1 heteroatoms. The molecule has 1 unspecified atom stereocenters. The predicted molar refractivity (Wildman–Crippen MR) is 165 cm³/mol. The Morgan fingerprint density at radius 2 is 1.03 bits per heavy atom. The highest BCUT2D eigenvalue weighted by atomic mass is 15.1. The highest BCUT2D eigenvalue weighted by Crippen LogP contribution is 2.32. The van der Waals surface area contributed by atoms with Crippen LogP contribution in [0.4, 0.5) is 5.69 Å². The van der Waals surface area contributed by atoms with Gasteiger partial charge in [0.2, 0.25) is 0 Å². The maximum Gasteiger partial charge on any atom is 0.0361 e. The quantitative estimate of drug-likeness (QED) is 0.203. The molecule has 0 saturated heterocycles. The van der Waals surface area contributed by atoms with Gasteiger partial charge in [0, 0.05) is 25.7 Å². The van der Waals surface area contributed by atoms with Gasteiger partial charge < -0.3 is 4.90 Å². The maximum atomic E-state index is 2.24. The van der Waals surface area contributed by atoms with Gasteiger partial charge in [-0.2, -0.15) is 0 Å². The van der Waals surface area contributed by atoms with Crippen molar-refractivity contribution in [3.05, 3.63) is 179 Å². The largest absolute Gasteiger partial charge is 0.378 e. The van der Waals surface area contributed by atoms with Crippen LogP contribution in [-0.2, 0) is 6.42 Å². The van der Waals surface area contributed by atoms with E-state index in [0.717, 1.165) is 6.42 Å². The third kappa shape index (κ3) is 7.82. The molecule has 0 aromatic heterocycles. The van der Waals surface area contributed by atoms with Crippen LogP contribution in [0.15, 0.2) is 146 Å². The molecular formula is C37H37N. The number of nitrogens with zero attached hydrogens (tertiary/aromatic N) is 1. The van der Waals surface area contributed by atoms with Gasteiger partial charge in [-0.3, -0.25) is 0 Å². The first-order chi connectivity index (χ1) is 18.6. The highest BCUT2D eigenvalue weighted by molar-refractivity contribution is 5.51. The normalized spacial score (nSPS) is 11.4. The van der Waals surface area contributed by atoms with Gasteiger partial charge >= 0.3 is 0 Å². The molecule has 5 rings (SSSR count). The van der Waals surface area contributed by atoms with Crippen LogP contribution in [-0.4, -0.2) is 14.1 Å². The number of hydrogen-bond acceptors (Lipinski definition) is 1. The van der Waals surface area contributed by atoms with Crippen molar-refractivity contribution in [3.63, 3.8) is 0 Å². The lowest BCUT2D eigenvalue weighted by Gasteiger charge is -2.20. The molecule has 0 aliphatic rings. The minimum atomic E-state index is 0.271. The Morgan fingerprint density at radius 1 is 0.553 bits per heavy atom. The van der Waals surface area contributed by atoms with E-state index in [9.17, 15) is 0 Å². The first kappa shape index (κ1) is 26.7. The second-order valence-electron chi connectivity index (χ2n) is 9.74. The first-order valence-electron chi connectivity index (χ1n) is 13.2. The number of rotatable bonds is 7. The van der Waals surface area contributed by atoms with Gasteiger partial charge in [0.25, 0.3) is 0 Å². The van der Waals surface area contributed by atoms with Crippen molar-refractivity contribution in [2.45, 2.75) is 19.3 Å². The van der Waals surface area contributed by atoms with Crippen molar-refractivity contribution < 1.29 is 0 Å². The average Bonchev–Trinajstić information content (AvgIpc) is 2.97. The number of benzene rings is 5. The summed E-state index contributed by atoms with van der Waals surface area (Å²) >= 11 is 0. The van der Waals surface area contributed by atoms with E-state index in [4.69, 9.17) is 0 Å². The Balaban J connectivity index is 0.000000194. The zero-order valence-electron chi connectivity index (χ0n) is 22.7. The van der Waals surface area contributed by atoms with Crippen LogP contribution in [0.2, 0.25) is 0 Å². The molecule has 0 fully saturated rings. The Morgan fingerprint density at radius 3 is 1.58 bits per heavy atom. The van der Waals surface area contributed by atoms with E-state index in [1.54, 1.807) is 0 Å². The van der Waals surface area contributed by atoms with Crippen molar-refractivity contribution >= 4 is 11.8 Å². The molecule has 190 valence electrons. The number of hydrogen-bond donors (Lipinski definition) is 0. The summed E-state index contributed by atoms with van der Waals surface area (Å²) in [5.74, 6) is 0.271. The van der Waals surface area contributed by atoms with Gasteiger partial charge in [0.15, 0.2) is 0 Å². The summed E-state index contributed by atoms with van der Waals surface area (Å²) in [5, 5.41) is 0. The molecule has 5 aromatic carbocycles. The second-order valence-corrected chi connectivity index (χ2v) is 9.74. The zero-order chi connectivity index (χ0) is 26.6. The van der Waals surface area contributed by atoms with Gasteiger partial charge in [0.05, 0.1) is 0 Å². The molecule has 38 heavy (non-hydrogen) atoms. The topological polar surface area (TPSA) is 3.24 Å². The summed E-state index contributed by atoms with van der Waals surface area (Å²) in [6.07, 6.45) is 5.35. The number of anilines is 1. The van der Waals surface area contributed by atoms with Crippen LogP contribution in [0.3, 0.4) is 0 Å². The highest BCUT2D eigenvalue weighted by Gasteiger charge is 2.16. The van der Waals surface area contributed by atoms with Gasteiger partial charge in [-0.05, 0) is 53.3 Å². The fraction of sp³-hybridized carbons (Fsp3) is 0.135. The molecule has 1 nitrogen and oxygen atoms in total. The first-order valence-corrected chi connectivity index (χ1v) is 13.2. The van der Waals surface area contributed by atoms with Gasteiger partial charge in [-0.1, -0.05) is 145 Å². The molecule has 0 aliphatic heterocycles. The maximum absolute atomic E-state index is 2.24. The zero-order valence-corrected chi connectivity index (χ0v) is 22.7. The van der Waals surface area contributed by atoms with Crippen LogP contribution in [0.25, 0.3) is 6.08 Å². The van der Waals surface area contributed by atoms with Crippen LogP contribution in [0.1, 0.15) is 39.3 Å². The summed E-state index contributed by atoms with van der Waals surface area (Å²) in [4.78, 5) is 2.13. The lowest BCUT2D eigenvalue weighted by molar-refractivity contribution is 0.974. The van der Waals surface area contributed by atoms with Crippen LogP contribution < -0.4 is 4.90 Å². The van der Waals surface area contributed by atoms with E-state index in [-0.39, 0.29) is 5.92 Å². The molecule has 0 bridgehead atoms. The standard InChI is InChI=1S/C22H23N.C15H14/c1-17-9-11-19(12-10-17)22(18-7-5-4-6-8-18)20-13-15-21(16-14-20)23(2)3;1-3-8-14(9-4-1)12-7-13-15-10-5-2-6-11-15/h4-16,22H,1-3H3;1-12H,13H2. The summed E-state index contributed by atoms with van der Waals surface area (Å²) in [5.41, 5.74) is 9.12. The monoisotopic (exact) mass is 495 g/mol. The fourth-order valence-electron chi connectivity index (χ4n) is 4.46. The molecular weight excluding hydrogens is 458 g/mol. The SMILES string of the molecule is C(=Cc1ccccc1)Cc1ccccc1.Cc1ccc(C(c2ccccc2)c2ccc(N(C)C)cc2)cc1. The van der Waals surface area contributed by atoms with E-state index in [2.05, 4.69) is 165 Å². The molecule has 1 atom stereocenters. The Bertz CT molecular complexity index is 1370. The molecule has 0 amide bonds. The molecule has 0 aliphatic carbocycles. The Labute approximate surface area is 228 Å². The summed E-state index contributed by atoms with van der Waals surface area (Å²) in [6.45, 7) is 2.13. The van der Waals surface area contributed by atoms with Crippen molar-refractivity contribution in [2.24, 2.45) is 0 Å². The van der Waals surface area contributed by atoms with Crippen LogP contribution >= 0.6 is 0 Å². The fourth-order valence-corrected chi connectivity index (χ4v) is 4.46. The van der Waals surface area contributed by atoms with Gasteiger partial charge in [-0.25, -0.2) is 0 Å². The van der Waals surface area contributed by atoms with Crippen molar-refractivity contribution in [2.75, 3.05) is 19.0 Å². The second kappa shape index (κ2) is 13.8. The molecule has 0 N–H and O–H groups in total. The molecule has 0 saturated carbocycles. The minimum absolute atomic E-state index is 0.271. The van der Waals surface area contributed by atoms with Crippen molar-refractivity contribution in [1.82, 2.24) is 0 Å². The van der Waals surface area contributed by atoms with Crippen LogP contribution in [0, 0.1) is 6.92 Å². The van der Waals surface area contributed by atoms with Crippen molar-refractivity contribution in [1.29, 1.82) is 0 Å². The summed E-state index contributed by atoms with van der Waals surface area (Å²) in [6, 6.07) is 49.3. The lowest BCUT2D eigenvalue weighted by Crippen LogP contribution is -2.09. The van der Waals surface area contributed by atoms with E-state index < -0.39 is 0 Å². The third-order valence-corrected chi connectivity index (χ3v) is 6.59.